The topological polar surface area (TPSA) is 269 Å². The molecule has 10 atom stereocenters. The third kappa shape index (κ3) is 9.80. The van der Waals surface area contributed by atoms with E-state index >= 15 is 8.78 Å². The van der Waals surface area contributed by atoms with Crippen molar-refractivity contribution in [1.82, 2.24) is 34.1 Å². The van der Waals surface area contributed by atoms with Gasteiger partial charge in [0.1, 0.15) is 42.2 Å². The van der Waals surface area contributed by atoms with Crippen molar-refractivity contribution in [3.63, 3.8) is 0 Å². The third-order valence-electron chi connectivity index (χ3n) is 11.1. The average molecular weight is 968 g/mol. The van der Waals surface area contributed by atoms with Crippen LogP contribution in [0.3, 0.4) is 0 Å². The second-order valence-electron chi connectivity index (χ2n) is 16.2. The van der Waals surface area contributed by atoms with Crippen molar-refractivity contribution in [2.45, 2.75) is 94.5 Å². The van der Waals surface area contributed by atoms with Crippen LogP contribution < -0.4 is 10.9 Å². The van der Waals surface area contributed by atoms with E-state index in [4.69, 9.17) is 43.8 Å². The Bertz CT molecular complexity index is 2670. The summed E-state index contributed by atoms with van der Waals surface area (Å²) >= 11 is 5.81. The van der Waals surface area contributed by atoms with Crippen LogP contribution in [0.25, 0.3) is 22.2 Å². The minimum atomic E-state index is -4.18. The molecule has 21 nitrogen and oxygen atoms in total. The molecule has 0 spiro atoms. The predicted octanol–water partition coefficient (Wildman–Crippen LogP) is 4.80. The number of benzene rings is 1. The Labute approximate surface area is 370 Å². The molecular formula is C37H45F2N9O12P2SSi. The number of aliphatic hydroxyl groups excluding tert-OH is 1. The van der Waals surface area contributed by atoms with E-state index in [0.717, 1.165) is 23.4 Å². The SMILES string of the molecule is CC(C)(C)[Si](C)(C)O[C@H]1[C@@H](O[PH](=O)O)[C@H](n2cc(F)c3c(=O)[nH]cnc32)O[C@@H]1COP(=S)(OCCC#N)O[C@H]1[C@@H](F)[C@H](n2cnc3c(NC(=O)c4ccccc4)ncnc32)O[C@@H]1CO. The zero-order chi connectivity index (χ0) is 46.1. The second-order valence-corrected chi connectivity index (χ2v) is 24.7. The first-order valence-corrected chi connectivity index (χ1v) is 26.4. The van der Waals surface area contributed by atoms with Gasteiger partial charge in [-0.15, -0.1) is 0 Å². The molecule has 7 rings (SSSR count). The number of anilines is 1. The van der Waals surface area contributed by atoms with Gasteiger partial charge in [0.2, 0.25) is 0 Å². The number of nitrogens with zero attached hydrogens (tertiary/aromatic N) is 7. The molecule has 4 N–H and O–H groups in total. The molecule has 2 unspecified atom stereocenters. The number of hydrogen-bond acceptors (Lipinski definition) is 17. The van der Waals surface area contributed by atoms with Gasteiger partial charge in [0.25, 0.3) is 11.5 Å². The maximum Gasteiger partial charge on any atom is 0.327 e. The fraction of sp³-hybridized carbons (Fsp3) is 0.486. The van der Waals surface area contributed by atoms with Crippen LogP contribution in [0.2, 0.25) is 18.1 Å². The highest BCUT2D eigenvalue weighted by Gasteiger charge is 2.54. The number of alkyl halides is 1. The number of aromatic amines is 1. The second kappa shape index (κ2) is 19.3. The lowest BCUT2D eigenvalue weighted by Gasteiger charge is -2.40. The van der Waals surface area contributed by atoms with Crippen LogP contribution in [0.15, 0.2) is 60.3 Å². The van der Waals surface area contributed by atoms with Crippen molar-refractivity contribution in [3.05, 3.63) is 77.2 Å². The molecule has 0 bridgehead atoms. The van der Waals surface area contributed by atoms with Crippen molar-refractivity contribution < 1.29 is 60.1 Å². The molecule has 6 heterocycles. The highest BCUT2D eigenvalue weighted by molar-refractivity contribution is 8.07. The number of imidazole rings is 1. The summed E-state index contributed by atoms with van der Waals surface area (Å²) in [7, 11) is -6.55. The summed E-state index contributed by atoms with van der Waals surface area (Å²) in [6, 6.07) is 10.3. The number of amides is 1. The maximum atomic E-state index is 16.8. The third-order valence-corrected chi connectivity index (χ3v) is 18.4. The highest BCUT2D eigenvalue weighted by atomic mass is 32.5. The summed E-state index contributed by atoms with van der Waals surface area (Å²) in [5.74, 6) is -1.39. The monoisotopic (exact) mass is 967 g/mol. The Morgan fingerprint density at radius 2 is 1.81 bits per heavy atom. The number of ether oxygens (including phenoxy) is 2. The lowest BCUT2D eigenvalue weighted by molar-refractivity contribution is -0.0544. The first-order valence-electron chi connectivity index (χ1n) is 19.7. The van der Waals surface area contributed by atoms with Crippen molar-refractivity contribution in [3.8, 4) is 6.07 Å². The van der Waals surface area contributed by atoms with Gasteiger partial charge >= 0.3 is 15.0 Å². The van der Waals surface area contributed by atoms with Crippen LogP contribution in [-0.2, 0) is 48.4 Å². The van der Waals surface area contributed by atoms with Gasteiger partial charge in [-0.25, -0.2) is 28.7 Å². The predicted molar refractivity (Wildman–Crippen MR) is 229 cm³/mol. The maximum absolute atomic E-state index is 16.8. The Morgan fingerprint density at radius 1 is 1.08 bits per heavy atom. The minimum Gasteiger partial charge on any atom is -0.408 e. The average Bonchev–Trinajstić information content (AvgIpc) is 4.00. The molecule has 2 fully saturated rings. The standard InChI is InChI=1S/C37H45F2N9O12P2SSi/c1-37(2,3)64(4,5)60-28-23(57-36(29(28)58-61(52)53)47-14-21(38)24-31(47)42-18-44-34(24)51)16-55-62(63,54-13-9-12-40)59-27-22(15-49)56-35(25(27)39)48-19-45-26-30(41-17-43-32(26)48)46-33(50)20-10-7-6-8-11-20/h6-8,10-11,14,17-19,22-23,25,27-29,35-36,49,61H,9,13,15-16H2,1-5H3,(H,52,53)(H,42,44,51)(H,41,43,46,50)/t22-,23-,25-,27-,28-,29-,35-,36-,62?/m1/s1. The summed E-state index contributed by atoms with van der Waals surface area (Å²) in [6.07, 6.45) is -7.73. The van der Waals surface area contributed by atoms with Gasteiger partial charge in [-0.3, -0.25) is 27.8 Å². The number of nitriles is 1. The molecule has 4 aromatic heterocycles. The summed E-state index contributed by atoms with van der Waals surface area (Å²) in [5.41, 5.74) is -0.417. The Morgan fingerprint density at radius 3 is 2.50 bits per heavy atom. The van der Waals surface area contributed by atoms with Crippen LogP contribution in [-0.4, -0.2) is 115 Å². The lowest BCUT2D eigenvalue weighted by atomic mass is 10.1. The van der Waals surface area contributed by atoms with Gasteiger partial charge in [-0.1, -0.05) is 39.0 Å². The molecule has 1 amide bonds. The molecule has 5 aromatic rings. The van der Waals surface area contributed by atoms with Crippen molar-refractivity contribution in [2.75, 3.05) is 25.1 Å². The number of carbonyl (C=O) groups is 1. The summed E-state index contributed by atoms with van der Waals surface area (Å²) < 4.78 is 89.8. The number of fused-ring (bicyclic) bond motifs is 2. The zero-order valence-electron chi connectivity index (χ0n) is 34.9. The van der Waals surface area contributed by atoms with Crippen molar-refractivity contribution in [1.29, 1.82) is 5.26 Å². The number of aliphatic hydroxyl groups is 1. The number of H-pyrrole nitrogens is 1. The molecule has 344 valence electrons. The van der Waals surface area contributed by atoms with E-state index in [1.165, 1.54) is 10.9 Å². The number of halogens is 2. The van der Waals surface area contributed by atoms with Gasteiger partial charge in [-0.05, 0) is 42.1 Å². The van der Waals surface area contributed by atoms with Crippen LogP contribution in [0.1, 0.15) is 50.0 Å². The molecule has 0 saturated carbocycles. The fourth-order valence-corrected chi connectivity index (χ4v) is 10.8. The normalized spacial score (nSPS) is 25.4. The zero-order valence-corrected chi connectivity index (χ0v) is 38.6. The Balaban J connectivity index is 1.18. The summed E-state index contributed by atoms with van der Waals surface area (Å²) in [5, 5.41) is 21.6. The van der Waals surface area contributed by atoms with Crippen LogP contribution in [0, 0.1) is 17.1 Å². The lowest BCUT2D eigenvalue weighted by Crippen LogP contribution is -2.50. The molecule has 0 radical (unpaired) electrons. The number of nitrogens with one attached hydrogen (secondary N) is 2. The molecule has 0 aliphatic carbocycles. The Hall–Kier alpha value is -4.25. The van der Waals surface area contributed by atoms with E-state index < -0.39 is 113 Å². The summed E-state index contributed by atoms with van der Waals surface area (Å²) in [6.45, 7) is 3.86. The molecule has 2 aliphatic heterocycles. The van der Waals surface area contributed by atoms with Crippen LogP contribution in [0.5, 0.6) is 0 Å². The quantitative estimate of drug-likeness (QED) is 0.0554. The number of carbonyl (C=O) groups excluding carboxylic acids is 1. The first-order chi connectivity index (χ1) is 30.4. The molecular weight excluding hydrogens is 923 g/mol. The van der Waals surface area contributed by atoms with E-state index in [2.05, 4.69) is 30.2 Å². The fourth-order valence-electron chi connectivity index (χ4n) is 6.92. The van der Waals surface area contributed by atoms with Gasteiger partial charge < -0.3 is 47.8 Å². The minimum absolute atomic E-state index is 0.0404. The van der Waals surface area contributed by atoms with Gasteiger partial charge in [0.15, 0.2) is 55.4 Å². The van der Waals surface area contributed by atoms with E-state index in [-0.39, 0.29) is 35.7 Å². The molecule has 64 heavy (non-hydrogen) atoms. The molecule has 1 aromatic carbocycles. The largest absolute Gasteiger partial charge is 0.408 e. The molecule has 27 heteroatoms. The molecule has 2 saturated heterocycles. The first kappa shape index (κ1) is 47.7. The number of hydrogen-bond donors (Lipinski definition) is 4. The van der Waals surface area contributed by atoms with Gasteiger partial charge in [0, 0.05) is 11.8 Å². The van der Waals surface area contributed by atoms with E-state index in [9.17, 15) is 29.4 Å². The summed E-state index contributed by atoms with van der Waals surface area (Å²) in [4.78, 5) is 54.8. The highest BCUT2D eigenvalue weighted by Crippen LogP contribution is 2.55. The number of aromatic nitrogens is 7. The molecule has 2 aliphatic rings. The smallest absolute Gasteiger partial charge is 0.327 e. The van der Waals surface area contributed by atoms with E-state index in [1.54, 1.807) is 30.3 Å². The van der Waals surface area contributed by atoms with Crippen molar-refractivity contribution >= 4 is 69.0 Å². The van der Waals surface area contributed by atoms with E-state index in [0.29, 0.717) is 5.56 Å². The van der Waals surface area contributed by atoms with Crippen LogP contribution in [0.4, 0.5) is 14.6 Å². The number of rotatable bonds is 17. The van der Waals surface area contributed by atoms with Crippen LogP contribution >= 0.6 is 15.0 Å². The van der Waals surface area contributed by atoms with E-state index in [1.807, 2.05) is 39.9 Å². The van der Waals surface area contributed by atoms with Crippen molar-refractivity contribution in [2.24, 2.45) is 0 Å². The van der Waals surface area contributed by atoms with Gasteiger partial charge in [0.05, 0.1) is 45.0 Å². The van der Waals surface area contributed by atoms with Gasteiger partial charge in [-0.2, -0.15) is 5.26 Å². The Kier molecular flexibility index (Phi) is 14.4.